The molecule has 0 aromatic heterocycles. The average molecular weight is 717 g/mol. The van der Waals surface area contributed by atoms with Crippen LogP contribution in [0.25, 0.3) is 66.4 Å². The third kappa shape index (κ3) is 4.05. The third-order valence-corrected chi connectivity index (χ3v) is 14.6. The molecule has 268 valence electrons. The molecule has 5 aromatic rings. The highest BCUT2D eigenvalue weighted by molar-refractivity contribution is 6.22. The van der Waals surface area contributed by atoms with E-state index in [1.165, 1.54) is 101 Å². The number of rotatable bonds is 2. The van der Waals surface area contributed by atoms with Crippen LogP contribution < -0.4 is 10.4 Å². The lowest BCUT2D eigenvalue weighted by molar-refractivity contribution is 0.490. The van der Waals surface area contributed by atoms with Gasteiger partial charge in [-0.25, -0.2) is 0 Å². The molecule has 0 amide bonds. The Balaban J connectivity index is 1.19. The van der Waals surface area contributed by atoms with Crippen molar-refractivity contribution in [3.63, 3.8) is 0 Å². The van der Waals surface area contributed by atoms with Crippen LogP contribution in [0.5, 0.6) is 0 Å². The van der Waals surface area contributed by atoms with Crippen LogP contribution in [-0.2, 0) is 0 Å². The predicted octanol–water partition coefficient (Wildman–Crippen LogP) is 12.8. The monoisotopic (exact) mass is 716 g/mol. The summed E-state index contributed by atoms with van der Waals surface area (Å²) in [5.74, 6) is 1.39. The minimum Gasteiger partial charge on any atom is -0.0842 e. The summed E-state index contributed by atoms with van der Waals surface area (Å²) < 4.78 is 0. The molecule has 0 bridgehead atoms. The number of hydrogen-bond donors (Lipinski definition) is 0. The van der Waals surface area contributed by atoms with Gasteiger partial charge in [0.2, 0.25) is 0 Å². The Morgan fingerprint density at radius 3 is 2.18 bits per heavy atom. The molecule has 0 nitrogen and oxygen atoms in total. The van der Waals surface area contributed by atoms with Gasteiger partial charge in [0.05, 0.1) is 0 Å². The fourth-order valence-electron chi connectivity index (χ4n) is 12.2. The lowest BCUT2D eigenvalue weighted by Crippen LogP contribution is -2.35. The first-order valence-corrected chi connectivity index (χ1v) is 21.1. The lowest BCUT2D eigenvalue weighted by atomic mass is 9.61. The Kier molecular flexibility index (Phi) is 6.17. The smallest absolute Gasteiger partial charge is 0.0196 e. The second-order valence-electron chi connectivity index (χ2n) is 18.5. The van der Waals surface area contributed by atoms with Crippen molar-refractivity contribution >= 4 is 33.1 Å². The van der Waals surface area contributed by atoms with E-state index >= 15 is 0 Å². The van der Waals surface area contributed by atoms with E-state index in [0.717, 1.165) is 19.3 Å². The Morgan fingerprint density at radius 1 is 0.661 bits per heavy atom. The van der Waals surface area contributed by atoms with Gasteiger partial charge in [0.15, 0.2) is 0 Å². The molecule has 0 aliphatic heterocycles. The number of benzene rings is 5. The largest absolute Gasteiger partial charge is 0.0842 e. The second-order valence-corrected chi connectivity index (χ2v) is 18.5. The summed E-state index contributed by atoms with van der Waals surface area (Å²) >= 11 is 0. The first-order valence-electron chi connectivity index (χ1n) is 21.1. The fourth-order valence-corrected chi connectivity index (χ4v) is 12.2. The molecular formula is C56H44. The van der Waals surface area contributed by atoms with Crippen LogP contribution in [0.15, 0.2) is 161 Å². The molecule has 0 fully saturated rings. The minimum atomic E-state index is 0.0900. The van der Waals surface area contributed by atoms with Gasteiger partial charge in [-0.1, -0.05) is 136 Å². The molecule has 3 atom stereocenters. The molecule has 8 aliphatic rings. The molecule has 5 aromatic carbocycles. The topological polar surface area (TPSA) is 0 Å². The Bertz CT molecular complexity index is 3050. The first-order chi connectivity index (χ1) is 27.4. The standard InChI is InChI=1S/C56H44/c1-56(2,3)37-25-35-22-21-33-23-24-41-53-47(28-36(26-37)48(35)51(33)53)55-50(32-15-8-5-9-16-32)45-29-42-40-20-12-19-39-38-18-11-10-17-34(38)27-44(52(39)40)43(42)30-46(45)49(54(41)55)31-13-6-4-7-14-31/h4-9,11-16,18-22,25-26,28-30,34-35,48H,10,17,23-24,27H2,1-3H3. The van der Waals surface area contributed by atoms with Gasteiger partial charge in [-0.2, -0.15) is 0 Å². The maximum Gasteiger partial charge on any atom is 0.0196 e. The van der Waals surface area contributed by atoms with Crippen LogP contribution in [0.4, 0.5) is 0 Å². The summed E-state index contributed by atoms with van der Waals surface area (Å²) in [6.07, 6.45) is 23.4. The van der Waals surface area contributed by atoms with Crippen molar-refractivity contribution in [1.82, 2.24) is 0 Å². The van der Waals surface area contributed by atoms with Gasteiger partial charge in [-0.3, -0.25) is 0 Å². The molecule has 0 heteroatoms. The van der Waals surface area contributed by atoms with Crippen LogP contribution in [0.3, 0.4) is 0 Å². The molecule has 56 heavy (non-hydrogen) atoms. The average Bonchev–Trinajstić information content (AvgIpc) is 3.72. The number of fused-ring (bicyclic) bond motifs is 8. The molecule has 0 saturated heterocycles. The second kappa shape index (κ2) is 11.0. The van der Waals surface area contributed by atoms with E-state index in [1.807, 2.05) is 0 Å². The zero-order valence-electron chi connectivity index (χ0n) is 32.5. The van der Waals surface area contributed by atoms with Crippen molar-refractivity contribution in [2.24, 2.45) is 23.2 Å². The van der Waals surface area contributed by atoms with Gasteiger partial charge in [-0.15, -0.1) is 0 Å². The summed E-state index contributed by atoms with van der Waals surface area (Å²) in [6.45, 7) is 7.12. The quantitative estimate of drug-likeness (QED) is 0.171. The van der Waals surface area contributed by atoms with Gasteiger partial charge in [0.1, 0.15) is 0 Å². The molecule has 0 radical (unpaired) electrons. The zero-order chi connectivity index (χ0) is 37.0. The molecule has 0 saturated carbocycles. The summed E-state index contributed by atoms with van der Waals surface area (Å²) in [4.78, 5) is 0. The Morgan fingerprint density at radius 2 is 1.41 bits per heavy atom. The molecule has 3 unspecified atom stereocenters. The maximum atomic E-state index is 2.65. The third-order valence-electron chi connectivity index (χ3n) is 14.6. The van der Waals surface area contributed by atoms with Crippen LogP contribution in [0.2, 0.25) is 0 Å². The van der Waals surface area contributed by atoms with Crippen molar-refractivity contribution in [2.45, 2.75) is 52.9 Å². The van der Waals surface area contributed by atoms with Crippen molar-refractivity contribution in [3.8, 4) is 33.4 Å². The van der Waals surface area contributed by atoms with E-state index in [9.17, 15) is 0 Å². The first kappa shape index (κ1) is 31.5. The van der Waals surface area contributed by atoms with E-state index < -0.39 is 0 Å². The Labute approximate surface area is 329 Å². The minimum absolute atomic E-state index is 0.0900. The summed E-state index contributed by atoms with van der Waals surface area (Å²) in [6, 6.07) is 35.2. The van der Waals surface area contributed by atoms with Crippen LogP contribution in [0.1, 0.15) is 69.6 Å². The Hall–Kier alpha value is -5.72. The number of hydrogen-bond acceptors (Lipinski definition) is 0. The molecule has 0 N–H and O–H groups in total. The van der Waals surface area contributed by atoms with Crippen LogP contribution >= 0.6 is 0 Å². The molecule has 13 rings (SSSR count). The maximum absolute atomic E-state index is 2.65. The van der Waals surface area contributed by atoms with E-state index in [2.05, 4.69) is 154 Å². The van der Waals surface area contributed by atoms with Crippen molar-refractivity contribution in [1.29, 1.82) is 0 Å². The normalized spacial score (nSPS) is 23.1. The highest BCUT2D eigenvalue weighted by Crippen LogP contribution is 2.64. The van der Waals surface area contributed by atoms with E-state index in [1.54, 1.807) is 33.4 Å². The van der Waals surface area contributed by atoms with Gasteiger partial charge in [-0.05, 0) is 183 Å². The number of allylic oxidation sites excluding steroid dienone is 14. The van der Waals surface area contributed by atoms with Gasteiger partial charge in [0.25, 0.3) is 0 Å². The van der Waals surface area contributed by atoms with Crippen molar-refractivity contribution in [3.05, 3.63) is 189 Å². The van der Waals surface area contributed by atoms with Gasteiger partial charge >= 0.3 is 0 Å². The lowest BCUT2D eigenvalue weighted by Gasteiger charge is -2.42. The van der Waals surface area contributed by atoms with Gasteiger partial charge in [0, 0.05) is 11.8 Å². The molecular weight excluding hydrogens is 673 g/mol. The molecule has 0 spiro atoms. The van der Waals surface area contributed by atoms with E-state index in [4.69, 9.17) is 0 Å². The van der Waals surface area contributed by atoms with E-state index in [-0.39, 0.29) is 5.41 Å². The fraction of sp³-hybridized carbons (Fsp3) is 0.214. The van der Waals surface area contributed by atoms with Crippen LogP contribution in [-0.4, -0.2) is 0 Å². The highest BCUT2D eigenvalue weighted by Gasteiger charge is 2.46. The predicted molar refractivity (Wildman–Crippen MR) is 235 cm³/mol. The molecule has 8 aliphatic carbocycles. The zero-order valence-corrected chi connectivity index (χ0v) is 32.5. The van der Waals surface area contributed by atoms with Crippen molar-refractivity contribution in [2.75, 3.05) is 0 Å². The van der Waals surface area contributed by atoms with Crippen LogP contribution in [0, 0.1) is 23.2 Å². The highest BCUT2D eigenvalue weighted by atomic mass is 14.5. The SMILES string of the molecule is CC(C)(C)C1=CC2C=CC3=C4C5=C(CC3)c3c(c(-c6ccccc6)c6cc7c(cc6c3-c3ccccc3)C3=c6c-7cccc6=C6C=CCCC6C3)C5=CC(=C1)C42. The van der Waals surface area contributed by atoms with Gasteiger partial charge < -0.3 is 0 Å². The molecule has 0 heterocycles. The summed E-state index contributed by atoms with van der Waals surface area (Å²) in [5.41, 5.74) is 26.6. The summed E-state index contributed by atoms with van der Waals surface area (Å²) in [5, 5.41) is 5.73. The van der Waals surface area contributed by atoms with E-state index in [0.29, 0.717) is 17.8 Å². The summed E-state index contributed by atoms with van der Waals surface area (Å²) in [7, 11) is 0. The van der Waals surface area contributed by atoms with Crippen molar-refractivity contribution < 1.29 is 0 Å².